The number of carbonyl (C=O) groups excluding carboxylic acids is 1. The Kier molecular flexibility index (Phi) is 4.34. The topological polar surface area (TPSA) is 34.1 Å². The lowest BCUT2D eigenvalue weighted by atomic mass is 10.3. The maximum absolute atomic E-state index is 13.5. The van der Waals surface area contributed by atoms with Crippen molar-refractivity contribution in [2.24, 2.45) is 0 Å². The van der Waals surface area contributed by atoms with Crippen LogP contribution in [0.2, 0.25) is 0 Å². The molecule has 0 aliphatic heterocycles. The highest BCUT2D eigenvalue weighted by atomic mass is 31.2. The van der Waals surface area contributed by atoms with Crippen LogP contribution in [0.25, 0.3) is 0 Å². The molecule has 2 aromatic carbocycles. The predicted octanol–water partition coefficient (Wildman–Crippen LogP) is 2.98. The van der Waals surface area contributed by atoms with E-state index in [0.29, 0.717) is 6.42 Å². The van der Waals surface area contributed by atoms with E-state index >= 15 is 0 Å². The Bertz CT molecular complexity index is 535. The molecule has 0 aromatic heterocycles. The average molecular weight is 272 g/mol. The summed E-state index contributed by atoms with van der Waals surface area (Å²) >= 11 is 0. The second-order valence-corrected chi connectivity index (χ2v) is 7.45. The number of hydrogen-bond acceptors (Lipinski definition) is 2. The normalized spacial score (nSPS) is 12.9. The molecule has 0 heterocycles. The Hall–Kier alpha value is -1.66. The van der Waals surface area contributed by atoms with Crippen molar-refractivity contribution in [3.05, 3.63) is 60.7 Å². The van der Waals surface area contributed by atoms with Gasteiger partial charge in [-0.25, -0.2) is 0 Å². The van der Waals surface area contributed by atoms with Crippen LogP contribution in [-0.2, 0) is 9.36 Å². The van der Waals surface area contributed by atoms with Gasteiger partial charge in [0.05, 0.1) is 5.66 Å². The van der Waals surface area contributed by atoms with Crippen molar-refractivity contribution in [2.45, 2.75) is 19.0 Å². The first-order chi connectivity index (χ1) is 9.23. The van der Waals surface area contributed by atoms with E-state index in [-0.39, 0.29) is 0 Å². The number of rotatable bonds is 5. The van der Waals surface area contributed by atoms with E-state index in [9.17, 15) is 9.36 Å². The molecule has 0 fully saturated rings. The minimum Gasteiger partial charge on any atom is -0.313 e. The predicted molar refractivity (Wildman–Crippen MR) is 79.9 cm³/mol. The molecule has 3 heteroatoms. The highest BCUT2D eigenvalue weighted by Gasteiger charge is 2.35. The van der Waals surface area contributed by atoms with Crippen LogP contribution < -0.4 is 10.6 Å². The molecule has 1 unspecified atom stereocenters. The average Bonchev–Trinajstić information content (AvgIpc) is 2.50. The first kappa shape index (κ1) is 13.8. The van der Waals surface area contributed by atoms with Crippen molar-refractivity contribution in [1.29, 1.82) is 0 Å². The van der Waals surface area contributed by atoms with Gasteiger partial charge in [0.15, 0.2) is 7.14 Å². The molecular weight excluding hydrogens is 255 g/mol. The van der Waals surface area contributed by atoms with Crippen LogP contribution in [0.4, 0.5) is 0 Å². The first-order valence-corrected chi connectivity index (χ1v) is 8.17. The van der Waals surface area contributed by atoms with Gasteiger partial charge in [-0.2, -0.15) is 0 Å². The third-order valence-corrected chi connectivity index (χ3v) is 6.87. The van der Waals surface area contributed by atoms with Crippen molar-refractivity contribution in [3.8, 4) is 0 Å². The zero-order valence-electron chi connectivity index (χ0n) is 10.9. The fraction of sp³-hybridized carbons (Fsp3) is 0.188. The van der Waals surface area contributed by atoms with Gasteiger partial charge in [0, 0.05) is 10.6 Å². The number of aldehydes is 1. The molecule has 1 atom stereocenters. The third-order valence-electron chi connectivity index (χ3n) is 3.32. The van der Waals surface area contributed by atoms with Crippen molar-refractivity contribution in [2.75, 3.05) is 0 Å². The Morgan fingerprint density at radius 3 is 1.68 bits per heavy atom. The largest absolute Gasteiger partial charge is 0.313 e. The highest BCUT2D eigenvalue weighted by Crippen LogP contribution is 2.48. The summed E-state index contributed by atoms with van der Waals surface area (Å²) in [5.74, 6) is 0. The maximum atomic E-state index is 13.5. The molecule has 2 nitrogen and oxygen atoms in total. The summed E-state index contributed by atoms with van der Waals surface area (Å²) in [5, 5.41) is 1.50. The molecule has 2 aromatic rings. The Labute approximate surface area is 113 Å². The molecular formula is C16H17O2P. The summed E-state index contributed by atoms with van der Waals surface area (Å²) in [5.41, 5.74) is -0.461. The maximum Gasteiger partial charge on any atom is 0.152 e. The fourth-order valence-corrected chi connectivity index (χ4v) is 5.25. The summed E-state index contributed by atoms with van der Waals surface area (Å²) in [4.78, 5) is 11.4. The van der Waals surface area contributed by atoms with Gasteiger partial charge in [0.1, 0.15) is 6.29 Å². The van der Waals surface area contributed by atoms with Gasteiger partial charge in [-0.3, -0.25) is 0 Å². The fourth-order valence-electron chi connectivity index (χ4n) is 2.27. The van der Waals surface area contributed by atoms with Crippen LogP contribution in [0.1, 0.15) is 13.3 Å². The minimum atomic E-state index is -2.90. The summed E-state index contributed by atoms with van der Waals surface area (Å²) in [6.45, 7) is 1.90. The van der Waals surface area contributed by atoms with Gasteiger partial charge >= 0.3 is 0 Å². The molecule has 0 saturated carbocycles. The minimum absolute atomic E-state index is 0.461. The van der Waals surface area contributed by atoms with Gasteiger partial charge in [0.2, 0.25) is 0 Å². The number of benzene rings is 2. The molecule has 0 N–H and O–H groups in total. The molecule has 0 amide bonds. The molecule has 0 aliphatic carbocycles. The van der Waals surface area contributed by atoms with E-state index in [1.54, 1.807) is 0 Å². The van der Waals surface area contributed by atoms with Crippen molar-refractivity contribution in [1.82, 2.24) is 0 Å². The van der Waals surface area contributed by atoms with Crippen LogP contribution in [0, 0.1) is 0 Å². The molecule has 98 valence electrons. The van der Waals surface area contributed by atoms with Gasteiger partial charge in [0.25, 0.3) is 0 Å². The summed E-state index contributed by atoms with van der Waals surface area (Å²) < 4.78 is 13.5. The molecule has 19 heavy (non-hydrogen) atoms. The van der Waals surface area contributed by atoms with E-state index in [4.69, 9.17) is 0 Å². The Morgan fingerprint density at radius 1 is 0.947 bits per heavy atom. The molecule has 0 radical (unpaired) electrons. The summed E-state index contributed by atoms with van der Waals surface area (Å²) in [7, 11) is -2.90. The van der Waals surface area contributed by atoms with Gasteiger partial charge in [-0.15, -0.1) is 0 Å². The first-order valence-electron chi connectivity index (χ1n) is 6.39. The molecule has 0 saturated heterocycles. The van der Waals surface area contributed by atoms with Gasteiger partial charge in [-0.05, 0) is 6.42 Å². The SMILES string of the molecule is CCC(C=O)P(=O)(c1ccccc1)c1ccccc1. The summed E-state index contributed by atoms with van der Waals surface area (Å²) in [6, 6.07) is 18.6. The number of carbonyl (C=O) groups is 1. The van der Waals surface area contributed by atoms with Crippen molar-refractivity contribution in [3.63, 3.8) is 0 Å². The quantitative estimate of drug-likeness (QED) is 0.619. The van der Waals surface area contributed by atoms with Crippen LogP contribution in [0.5, 0.6) is 0 Å². The van der Waals surface area contributed by atoms with Gasteiger partial charge < -0.3 is 9.36 Å². The third kappa shape index (κ3) is 2.54. The Morgan fingerprint density at radius 2 is 1.37 bits per heavy atom. The van der Waals surface area contributed by atoms with E-state index in [2.05, 4.69) is 0 Å². The standard InChI is InChI=1S/C16H17O2P/c1-2-14(13-17)19(18,15-9-5-3-6-10-15)16-11-7-4-8-12-16/h3-14H,2H2,1H3. The van der Waals surface area contributed by atoms with Crippen molar-refractivity contribution >= 4 is 24.0 Å². The van der Waals surface area contributed by atoms with Crippen LogP contribution in [-0.4, -0.2) is 11.9 Å². The second kappa shape index (κ2) is 5.99. The lowest BCUT2D eigenvalue weighted by molar-refractivity contribution is -0.107. The zero-order valence-corrected chi connectivity index (χ0v) is 11.8. The zero-order chi connectivity index (χ0) is 13.7. The highest BCUT2D eigenvalue weighted by molar-refractivity contribution is 7.80. The Balaban J connectivity index is 2.64. The van der Waals surface area contributed by atoms with Crippen LogP contribution >= 0.6 is 7.14 Å². The van der Waals surface area contributed by atoms with Crippen LogP contribution in [0.3, 0.4) is 0 Å². The van der Waals surface area contributed by atoms with E-state index in [0.717, 1.165) is 16.9 Å². The lowest BCUT2D eigenvalue weighted by Gasteiger charge is -2.24. The molecule has 0 bridgehead atoms. The molecule has 2 rings (SSSR count). The van der Waals surface area contributed by atoms with Gasteiger partial charge in [-0.1, -0.05) is 67.6 Å². The van der Waals surface area contributed by atoms with Crippen LogP contribution in [0.15, 0.2) is 60.7 Å². The second-order valence-electron chi connectivity index (χ2n) is 4.44. The van der Waals surface area contributed by atoms with E-state index < -0.39 is 12.8 Å². The summed E-state index contributed by atoms with van der Waals surface area (Å²) in [6.07, 6.45) is 1.41. The van der Waals surface area contributed by atoms with E-state index in [1.807, 2.05) is 67.6 Å². The monoisotopic (exact) mass is 272 g/mol. The molecule has 0 spiro atoms. The lowest BCUT2D eigenvalue weighted by Crippen LogP contribution is -2.26. The number of hydrogen-bond donors (Lipinski definition) is 0. The smallest absolute Gasteiger partial charge is 0.152 e. The van der Waals surface area contributed by atoms with Crippen molar-refractivity contribution < 1.29 is 9.36 Å². The molecule has 0 aliphatic rings. The van der Waals surface area contributed by atoms with E-state index in [1.165, 1.54) is 0 Å².